The molecular weight excluding hydrogens is 434 g/mol. The van der Waals surface area contributed by atoms with Gasteiger partial charge in [0.15, 0.2) is 6.10 Å². The van der Waals surface area contributed by atoms with Crippen LogP contribution < -0.4 is 10.6 Å². The highest BCUT2D eigenvalue weighted by atomic mass is 16.6. The average molecular weight is 478 g/mol. The molecule has 3 amide bonds. The lowest BCUT2D eigenvalue weighted by molar-refractivity contribution is -0.133. The van der Waals surface area contributed by atoms with E-state index in [1.807, 2.05) is 20.8 Å². The van der Waals surface area contributed by atoms with Gasteiger partial charge < -0.3 is 20.5 Å². The normalized spacial score (nSPS) is 30.8. The summed E-state index contributed by atoms with van der Waals surface area (Å²) in [6.45, 7) is 10.5. The minimum atomic E-state index is -1.32. The van der Waals surface area contributed by atoms with Crippen molar-refractivity contribution in [3.8, 4) is 0 Å². The SMILES string of the molecule is CNC(=O)C(O)C(CC1CCC1)NC(=O)[C@@H]1C[C@@]2(CN1C(=O)OC(C)(C)C)C(C)(C)C21CCC1. The molecule has 0 aromatic heterocycles. The van der Waals surface area contributed by atoms with Crippen LogP contribution in [0.5, 0.6) is 0 Å². The van der Waals surface area contributed by atoms with Gasteiger partial charge >= 0.3 is 6.09 Å². The first-order valence-electron chi connectivity index (χ1n) is 13.0. The maximum absolute atomic E-state index is 13.7. The zero-order valence-corrected chi connectivity index (χ0v) is 21.7. The molecule has 1 aliphatic heterocycles. The highest BCUT2D eigenvalue weighted by Gasteiger charge is 2.85. The molecule has 2 unspecified atom stereocenters. The monoisotopic (exact) mass is 477 g/mol. The fourth-order valence-corrected chi connectivity index (χ4v) is 7.31. The lowest BCUT2D eigenvalue weighted by Gasteiger charge is -2.33. The summed E-state index contributed by atoms with van der Waals surface area (Å²) in [4.78, 5) is 40.7. The standard InChI is InChI=1S/C26H43N3O5/c1-23(2,3)34-22(33)29-15-26(24(4,5)25(26)11-8-12-25)14-18(29)20(31)28-17(13-16-9-7-10-16)19(30)21(32)27-6/h16-19,30H,7-15H2,1-6H3,(H,27,32)(H,28,31)/t17?,18-,19?,26+/m0/s1. The first-order valence-corrected chi connectivity index (χ1v) is 13.0. The Hall–Kier alpha value is -1.83. The summed E-state index contributed by atoms with van der Waals surface area (Å²) in [5.41, 5.74) is -0.522. The first-order chi connectivity index (χ1) is 15.8. The molecular formula is C26H43N3O5. The Morgan fingerprint density at radius 2 is 1.76 bits per heavy atom. The zero-order valence-electron chi connectivity index (χ0n) is 21.7. The van der Waals surface area contributed by atoms with Gasteiger partial charge in [-0.15, -0.1) is 0 Å². The van der Waals surface area contributed by atoms with E-state index in [0.717, 1.165) is 32.1 Å². The fourth-order valence-electron chi connectivity index (χ4n) is 7.31. The summed E-state index contributed by atoms with van der Waals surface area (Å²) >= 11 is 0. The summed E-state index contributed by atoms with van der Waals surface area (Å²) in [7, 11) is 1.48. The molecule has 4 atom stereocenters. The molecule has 0 aromatic rings. The van der Waals surface area contributed by atoms with E-state index in [2.05, 4.69) is 24.5 Å². The molecule has 3 aliphatic carbocycles. The van der Waals surface area contributed by atoms with Gasteiger partial charge in [-0.25, -0.2) is 4.79 Å². The first kappa shape index (κ1) is 25.3. The van der Waals surface area contributed by atoms with Gasteiger partial charge in [-0.3, -0.25) is 14.5 Å². The maximum Gasteiger partial charge on any atom is 0.410 e. The third-order valence-electron chi connectivity index (χ3n) is 9.78. The second kappa shape index (κ2) is 8.38. The Labute approximate surface area is 203 Å². The van der Waals surface area contributed by atoms with E-state index in [1.54, 1.807) is 4.90 Å². The van der Waals surface area contributed by atoms with Crippen LogP contribution in [0.15, 0.2) is 0 Å². The van der Waals surface area contributed by atoms with E-state index < -0.39 is 35.8 Å². The van der Waals surface area contributed by atoms with Gasteiger partial charge in [0.1, 0.15) is 11.6 Å². The molecule has 1 saturated heterocycles. The number of aliphatic hydroxyl groups excluding tert-OH is 1. The molecule has 4 rings (SSSR count). The van der Waals surface area contributed by atoms with Crippen molar-refractivity contribution in [3.05, 3.63) is 0 Å². The van der Waals surface area contributed by atoms with Crippen LogP contribution in [0.25, 0.3) is 0 Å². The number of hydrogen-bond donors (Lipinski definition) is 3. The maximum atomic E-state index is 13.7. The van der Waals surface area contributed by atoms with Crippen molar-refractivity contribution in [3.63, 3.8) is 0 Å². The fraction of sp³-hybridized carbons (Fsp3) is 0.885. The molecule has 2 spiro atoms. The molecule has 3 saturated carbocycles. The third kappa shape index (κ3) is 3.80. The van der Waals surface area contributed by atoms with Crippen LogP contribution in [-0.2, 0) is 14.3 Å². The van der Waals surface area contributed by atoms with E-state index >= 15 is 0 Å². The van der Waals surface area contributed by atoms with Crippen molar-refractivity contribution in [2.75, 3.05) is 13.6 Å². The van der Waals surface area contributed by atoms with Crippen LogP contribution in [0.3, 0.4) is 0 Å². The van der Waals surface area contributed by atoms with Crippen LogP contribution in [0, 0.1) is 22.2 Å². The zero-order chi connectivity index (χ0) is 25.1. The van der Waals surface area contributed by atoms with Crippen molar-refractivity contribution >= 4 is 17.9 Å². The van der Waals surface area contributed by atoms with Crippen LogP contribution >= 0.6 is 0 Å². The number of nitrogens with zero attached hydrogens (tertiary/aromatic N) is 1. The predicted octanol–water partition coefficient (Wildman–Crippen LogP) is 2.97. The van der Waals surface area contributed by atoms with E-state index in [1.165, 1.54) is 13.5 Å². The Kier molecular flexibility index (Phi) is 6.23. The predicted molar refractivity (Wildman–Crippen MR) is 128 cm³/mol. The molecule has 4 fully saturated rings. The lowest BCUT2D eigenvalue weighted by Crippen LogP contribution is -2.55. The van der Waals surface area contributed by atoms with Crippen molar-refractivity contribution < 1.29 is 24.2 Å². The summed E-state index contributed by atoms with van der Waals surface area (Å²) in [6.07, 6.45) is 6.04. The van der Waals surface area contributed by atoms with Crippen molar-refractivity contribution in [1.29, 1.82) is 0 Å². The molecule has 1 heterocycles. The van der Waals surface area contributed by atoms with Gasteiger partial charge in [0, 0.05) is 19.0 Å². The van der Waals surface area contributed by atoms with E-state index in [0.29, 0.717) is 25.3 Å². The second-order valence-corrected chi connectivity index (χ2v) is 12.7. The molecule has 3 N–H and O–H groups in total. The summed E-state index contributed by atoms with van der Waals surface area (Å²) in [5, 5.41) is 16.1. The van der Waals surface area contributed by atoms with Crippen LogP contribution in [0.2, 0.25) is 0 Å². The van der Waals surface area contributed by atoms with Crippen LogP contribution in [0.1, 0.15) is 86.0 Å². The molecule has 34 heavy (non-hydrogen) atoms. The van der Waals surface area contributed by atoms with Gasteiger partial charge in [-0.1, -0.05) is 39.5 Å². The summed E-state index contributed by atoms with van der Waals surface area (Å²) in [6, 6.07) is -1.35. The van der Waals surface area contributed by atoms with Gasteiger partial charge in [0.25, 0.3) is 5.91 Å². The van der Waals surface area contributed by atoms with E-state index in [9.17, 15) is 19.5 Å². The lowest BCUT2D eigenvalue weighted by atomic mass is 9.73. The van der Waals surface area contributed by atoms with E-state index in [-0.39, 0.29) is 22.2 Å². The number of fused-ring (bicyclic) bond motifs is 1. The van der Waals surface area contributed by atoms with Gasteiger partial charge in [0.2, 0.25) is 5.91 Å². The highest BCUT2D eigenvalue weighted by Crippen LogP contribution is 2.88. The molecule has 0 radical (unpaired) electrons. The Bertz CT molecular complexity index is 842. The minimum Gasteiger partial charge on any atom is -0.444 e. The van der Waals surface area contributed by atoms with Gasteiger partial charge in [-0.05, 0) is 63.2 Å². The quantitative estimate of drug-likeness (QED) is 0.545. The number of amides is 3. The molecule has 4 aliphatic rings. The number of hydrogen-bond acceptors (Lipinski definition) is 5. The van der Waals surface area contributed by atoms with Crippen molar-refractivity contribution in [2.24, 2.45) is 22.2 Å². The van der Waals surface area contributed by atoms with Gasteiger partial charge in [0.05, 0.1) is 6.04 Å². The number of ether oxygens (including phenoxy) is 1. The Morgan fingerprint density at radius 1 is 1.12 bits per heavy atom. The molecule has 8 heteroatoms. The number of carbonyl (C=O) groups is 3. The smallest absolute Gasteiger partial charge is 0.410 e. The topological polar surface area (TPSA) is 108 Å². The Balaban J connectivity index is 1.56. The minimum absolute atomic E-state index is 0.0560. The Morgan fingerprint density at radius 3 is 2.21 bits per heavy atom. The largest absolute Gasteiger partial charge is 0.444 e. The van der Waals surface area contributed by atoms with Crippen molar-refractivity contribution in [1.82, 2.24) is 15.5 Å². The van der Waals surface area contributed by atoms with Crippen LogP contribution in [-0.4, -0.2) is 65.3 Å². The highest BCUT2D eigenvalue weighted by molar-refractivity contribution is 5.88. The summed E-state index contributed by atoms with van der Waals surface area (Å²) < 4.78 is 5.70. The molecule has 0 bridgehead atoms. The summed E-state index contributed by atoms with van der Waals surface area (Å²) in [5.74, 6) is -0.414. The van der Waals surface area contributed by atoms with Gasteiger partial charge in [-0.2, -0.15) is 0 Å². The number of likely N-dealkylation sites (N-methyl/N-ethyl adjacent to an activating group) is 1. The molecule has 8 nitrogen and oxygen atoms in total. The average Bonchev–Trinajstić information content (AvgIpc) is 2.95. The number of aliphatic hydroxyl groups is 1. The number of carbonyl (C=O) groups excluding carboxylic acids is 3. The van der Waals surface area contributed by atoms with Crippen molar-refractivity contribution in [2.45, 2.75) is 110 Å². The number of rotatable bonds is 6. The third-order valence-corrected chi connectivity index (χ3v) is 9.78. The number of nitrogens with one attached hydrogen (secondary N) is 2. The second-order valence-electron chi connectivity index (χ2n) is 12.7. The van der Waals surface area contributed by atoms with Crippen LogP contribution in [0.4, 0.5) is 4.79 Å². The molecule has 192 valence electrons. The van der Waals surface area contributed by atoms with E-state index in [4.69, 9.17) is 4.74 Å². The number of likely N-dealkylation sites (tertiary alicyclic amines) is 1. The molecule has 0 aromatic carbocycles.